The number of anilines is 1. The van der Waals surface area contributed by atoms with Crippen molar-refractivity contribution in [2.24, 2.45) is 5.92 Å². The summed E-state index contributed by atoms with van der Waals surface area (Å²) in [6, 6.07) is 5.62. The number of rotatable bonds is 4. The molecule has 0 aliphatic carbocycles. The minimum Gasteiger partial charge on any atom is -0.326 e. The van der Waals surface area contributed by atoms with Crippen LogP contribution in [0.2, 0.25) is 5.02 Å². The van der Waals surface area contributed by atoms with Gasteiger partial charge in [-0.3, -0.25) is 4.79 Å². The second-order valence-corrected chi connectivity index (χ2v) is 5.65. The molecule has 0 aromatic heterocycles. The normalized spacial score (nSPS) is 16.3. The second-order valence-electron chi connectivity index (χ2n) is 5.24. The Morgan fingerprint density at radius 3 is 2.84 bits per heavy atom. The maximum atomic E-state index is 11.9. The summed E-state index contributed by atoms with van der Waals surface area (Å²) < 4.78 is 0. The van der Waals surface area contributed by atoms with E-state index in [9.17, 15) is 4.79 Å². The summed E-state index contributed by atoms with van der Waals surface area (Å²) in [7, 11) is 0. The molecular formula is C15H21ClN2O. The van der Waals surface area contributed by atoms with E-state index in [1.807, 2.05) is 19.1 Å². The zero-order chi connectivity index (χ0) is 13.7. The Kier molecular flexibility index (Phi) is 5.23. The molecule has 1 heterocycles. The van der Waals surface area contributed by atoms with Crippen molar-refractivity contribution < 1.29 is 4.79 Å². The van der Waals surface area contributed by atoms with Gasteiger partial charge in [0.2, 0.25) is 5.91 Å². The number of nitrogens with one attached hydrogen (secondary N) is 2. The Labute approximate surface area is 119 Å². The van der Waals surface area contributed by atoms with Gasteiger partial charge in [0.1, 0.15) is 0 Å². The van der Waals surface area contributed by atoms with Crippen molar-refractivity contribution in [3.05, 3.63) is 28.8 Å². The molecular weight excluding hydrogens is 260 g/mol. The summed E-state index contributed by atoms with van der Waals surface area (Å²) in [6.07, 6.45) is 3.94. The van der Waals surface area contributed by atoms with E-state index in [1.165, 1.54) is 12.8 Å². The molecule has 2 N–H and O–H groups in total. The van der Waals surface area contributed by atoms with Crippen molar-refractivity contribution in [2.45, 2.75) is 32.6 Å². The summed E-state index contributed by atoms with van der Waals surface area (Å²) in [5.74, 6) is 0.770. The van der Waals surface area contributed by atoms with Crippen LogP contribution >= 0.6 is 11.6 Å². The molecule has 0 spiro atoms. The third-order valence-electron chi connectivity index (χ3n) is 3.69. The van der Waals surface area contributed by atoms with Crippen molar-refractivity contribution in [3.8, 4) is 0 Å². The lowest BCUT2D eigenvalue weighted by Gasteiger charge is -2.22. The molecule has 3 nitrogen and oxygen atoms in total. The largest absolute Gasteiger partial charge is 0.326 e. The zero-order valence-corrected chi connectivity index (χ0v) is 12.1. The smallest absolute Gasteiger partial charge is 0.224 e. The zero-order valence-electron chi connectivity index (χ0n) is 11.3. The third-order valence-corrected chi connectivity index (χ3v) is 4.10. The molecule has 1 aromatic carbocycles. The number of amides is 1. The molecule has 1 fully saturated rings. The molecule has 0 unspecified atom stereocenters. The molecule has 2 rings (SSSR count). The minimum absolute atomic E-state index is 0.0819. The van der Waals surface area contributed by atoms with Crippen LogP contribution in [0, 0.1) is 12.8 Å². The van der Waals surface area contributed by atoms with E-state index in [0.29, 0.717) is 17.4 Å². The van der Waals surface area contributed by atoms with Crippen molar-refractivity contribution in [2.75, 3.05) is 18.4 Å². The third kappa shape index (κ3) is 4.51. The van der Waals surface area contributed by atoms with Crippen molar-refractivity contribution in [1.82, 2.24) is 5.32 Å². The molecule has 4 heteroatoms. The summed E-state index contributed by atoms with van der Waals surface area (Å²) in [4.78, 5) is 11.9. The first-order valence-electron chi connectivity index (χ1n) is 6.92. The van der Waals surface area contributed by atoms with Crippen LogP contribution in [0.5, 0.6) is 0 Å². The number of hydrogen-bond acceptors (Lipinski definition) is 2. The van der Waals surface area contributed by atoms with E-state index >= 15 is 0 Å². The first-order valence-corrected chi connectivity index (χ1v) is 7.29. The lowest BCUT2D eigenvalue weighted by Crippen LogP contribution is -2.28. The lowest BCUT2D eigenvalue weighted by atomic mass is 9.93. The van der Waals surface area contributed by atoms with Crippen LogP contribution in [0.25, 0.3) is 0 Å². The Morgan fingerprint density at radius 1 is 1.42 bits per heavy atom. The van der Waals surface area contributed by atoms with E-state index in [2.05, 4.69) is 10.6 Å². The summed E-state index contributed by atoms with van der Waals surface area (Å²) in [6.45, 7) is 4.12. The van der Waals surface area contributed by atoms with Gasteiger partial charge in [0.25, 0.3) is 0 Å². The fraction of sp³-hybridized carbons (Fsp3) is 0.533. The predicted octanol–water partition coefficient (Wildman–Crippen LogP) is 3.37. The monoisotopic (exact) mass is 280 g/mol. The highest BCUT2D eigenvalue weighted by atomic mass is 35.5. The van der Waals surface area contributed by atoms with Gasteiger partial charge < -0.3 is 10.6 Å². The maximum absolute atomic E-state index is 11.9. The average Bonchev–Trinajstić information content (AvgIpc) is 2.42. The van der Waals surface area contributed by atoms with E-state index in [4.69, 9.17) is 11.6 Å². The summed E-state index contributed by atoms with van der Waals surface area (Å²) >= 11 is 6.04. The Morgan fingerprint density at radius 2 is 2.16 bits per heavy atom. The molecule has 1 aromatic rings. The van der Waals surface area contributed by atoms with Crippen LogP contribution in [0.15, 0.2) is 18.2 Å². The van der Waals surface area contributed by atoms with Crippen molar-refractivity contribution in [1.29, 1.82) is 0 Å². The Hall–Kier alpha value is -1.06. The van der Waals surface area contributed by atoms with Gasteiger partial charge in [0, 0.05) is 17.1 Å². The number of hydrogen-bond donors (Lipinski definition) is 2. The molecule has 104 valence electrons. The fourth-order valence-electron chi connectivity index (χ4n) is 2.40. The highest BCUT2D eigenvalue weighted by Crippen LogP contribution is 2.21. The molecule has 0 saturated carbocycles. The number of aryl methyl sites for hydroxylation is 1. The first-order chi connectivity index (χ1) is 9.15. The van der Waals surface area contributed by atoms with Gasteiger partial charge in [-0.1, -0.05) is 17.7 Å². The van der Waals surface area contributed by atoms with Gasteiger partial charge in [-0.15, -0.1) is 0 Å². The van der Waals surface area contributed by atoms with Gasteiger partial charge in [-0.2, -0.15) is 0 Å². The SMILES string of the molecule is Cc1ccc(NC(=O)CCC2CCNCC2)cc1Cl. The minimum atomic E-state index is 0.0819. The van der Waals surface area contributed by atoms with Crippen molar-refractivity contribution >= 4 is 23.2 Å². The summed E-state index contributed by atoms with van der Waals surface area (Å²) in [5, 5.41) is 6.94. The highest BCUT2D eigenvalue weighted by Gasteiger charge is 2.14. The Balaban J connectivity index is 1.78. The van der Waals surface area contributed by atoms with E-state index in [-0.39, 0.29) is 5.91 Å². The lowest BCUT2D eigenvalue weighted by molar-refractivity contribution is -0.116. The molecule has 0 bridgehead atoms. The standard InChI is InChI=1S/C15H21ClN2O/c1-11-2-4-13(10-14(11)16)18-15(19)5-3-12-6-8-17-9-7-12/h2,4,10,12,17H,3,5-9H2,1H3,(H,18,19). The average molecular weight is 281 g/mol. The number of benzene rings is 1. The fourth-order valence-corrected chi connectivity index (χ4v) is 2.58. The number of piperidine rings is 1. The number of halogens is 1. The quantitative estimate of drug-likeness (QED) is 0.888. The van der Waals surface area contributed by atoms with Crippen LogP contribution in [-0.2, 0) is 4.79 Å². The van der Waals surface area contributed by atoms with E-state index in [1.54, 1.807) is 6.07 Å². The van der Waals surface area contributed by atoms with E-state index < -0.39 is 0 Å². The van der Waals surface area contributed by atoms with Gasteiger partial charge in [-0.25, -0.2) is 0 Å². The molecule has 0 atom stereocenters. The highest BCUT2D eigenvalue weighted by molar-refractivity contribution is 6.31. The van der Waals surface area contributed by atoms with Crippen LogP contribution in [0.1, 0.15) is 31.2 Å². The van der Waals surface area contributed by atoms with Crippen LogP contribution < -0.4 is 10.6 Å². The topological polar surface area (TPSA) is 41.1 Å². The molecule has 0 radical (unpaired) electrons. The van der Waals surface area contributed by atoms with Crippen molar-refractivity contribution in [3.63, 3.8) is 0 Å². The molecule has 1 aliphatic rings. The predicted molar refractivity (Wildman–Crippen MR) is 79.6 cm³/mol. The molecule has 19 heavy (non-hydrogen) atoms. The number of carbonyl (C=O) groups excluding carboxylic acids is 1. The molecule has 1 aliphatic heterocycles. The van der Waals surface area contributed by atoms with Gasteiger partial charge in [0.15, 0.2) is 0 Å². The molecule has 1 amide bonds. The maximum Gasteiger partial charge on any atom is 0.224 e. The van der Waals surface area contributed by atoms with Crippen LogP contribution in [-0.4, -0.2) is 19.0 Å². The van der Waals surface area contributed by atoms with Gasteiger partial charge >= 0.3 is 0 Å². The van der Waals surface area contributed by atoms with Crippen LogP contribution in [0.3, 0.4) is 0 Å². The first kappa shape index (κ1) is 14.4. The second kappa shape index (κ2) is 6.92. The van der Waals surface area contributed by atoms with Gasteiger partial charge in [0.05, 0.1) is 0 Å². The summed E-state index contributed by atoms with van der Waals surface area (Å²) in [5.41, 5.74) is 1.81. The van der Waals surface area contributed by atoms with E-state index in [0.717, 1.165) is 30.8 Å². The Bertz CT molecular complexity index is 442. The van der Waals surface area contributed by atoms with Gasteiger partial charge in [-0.05, 0) is 62.9 Å². The van der Waals surface area contributed by atoms with Crippen LogP contribution in [0.4, 0.5) is 5.69 Å². The molecule has 1 saturated heterocycles. The number of carbonyl (C=O) groups is 1.